The van der Waals surface area contributed by atoms with Gasteiger partial charge in [0.15, 0.2) is 0 Å². The van der Waals surface area contributed by atoms with E-state index in [1.54, 1.807) is 0 Å². The molecule has 332 valence electrons. The maximum Gasteiger partial charge on any atom is 0.0618 e. The van der Waals surface area contributed by atoms with E-state index >= 15 is 0 Å². The minimum atomic E-state index is 1.09. The topological polar surface area (TPSA) is 8.17 Å². The summed E-state index contributed by atoms with van der Waals surface area (Å²) >= 11 is 0. The minimum Gasteiger partial charge on any atom is -0.309 e. The maximum absolute atomic E-state index is 2.55. The van der Waals surface area contributed by atoms with Gasteiger partial charge < -0.3 is 9.47 Å². The molecule has 2 nitrogen and oxygen atoms in total. The van der Waals surface area contributed by atoms with Crippen LogP contribution >= 0.6 is 0 Å². The first-order valence-corrected chi connectivity index (χ1v) is 24.4. The van der Waals surface area contributed by atoms with Crippen LogP contribution in [0.25, 0.3) is 104 Å². The van der Waals surface area contributed by atoms with Crippen LogP contribution in [0.1, 0.15) is 22.3 Å². The van der Waals surface area contributed by atoms with Crippen molar-refractivity contribution in [3.63, 3.8) is 0 Å². The molecule has 0 unspecified atom stereocenters. The van der Waals surface area contributed by atoms with Crippen LogP contribution in [0.4, 0.5) is 17.1 Å². The predicted molar refractivity (Wildman–Crippen MR) is 300 cm³/mol. The molecular weight excluding hydrogens is 845 g/mol. The molecule has 0 radical (unpaired) electrons. The van der Waals surface area contributed by atoms with E-state index in [0.29, 0.717) is 0 Å². The first-order valence-electron chi connectivity index (χ1n) is 24.4. The SMILES string of the molecule is Cc1ccc(-c2cccc(-c3ccc(C)cc3)c2N(c2ccc(-c3c(C)cc(-c4ccccc4)cc3C)cc2)c2ccc3ccc4c(-n5c6ccccc6c6ccccc65)ccc5ccc2c3c54)cc1. The van der Waals surface area contributed by atoms with Gasteiger partial charge in [-0.15, -0.1) is 0 Å². The summed E-state index contributed by atoms with van der Waals surface area (Å²) in [4.78, 5) is 2.55. The lowest BCUT2D eigenvalue weighted by Gasteiger charge is -2.32. The number of aryl methyl sites for hydroxylation is 4. The summed E-state index contributed by atoms with van der Waals surface area (Å²) < 4.78 is 2.47. The van der Waals surface area contributed by atoms with E-state index in [1.165, 1.54) is 127 Å². The first kappa shape index (κ1) is 41.5. The second-order valence-corrected chi connectivity index (χ2v) is 19.1. The molecule has 0 saturated carbocycles. The Bertz CT molecular complexity index is 3980. The zero-order chi connectivity index (χ0) is 47.0. The van der Waals surface area contributed by atoms with E-state index < -0.39 is 0 Å². The van der Waals surface area contributed by atoms with Gasteiger partial charge in [-0.2, -0.15) is 0 Å². The standard InChI is InChI=1S/C68H50N2/c1-43-21-25-48(26-22-43)55-17-12-18-56(49-27-23-44(2)24-28-49)68(55)69(54-35-29-50(30-36-54)65-45(3)41-53(42-46(65)4)47-13-6-5-7-14-47)63-39-33-51-32-38-60-64(40-34-52-31-37-59(63)66(51)67(52)60)70-61-19-10-8-15-57(61)58-16-9-11-20-62(58)70/h5-42H,1-4H3. The normalized spacial score (nSPS) is 11.7. The minimum absolute atomic E-state index is 1.09. The van der Waals surface area contributed by atoms with Gasteiger partial charge in [0.1, 0.15) is 0 Å². The fourth-order valence-electron chi connectivity index (χ4n) is 11.4. The second-order valence-electron chi connectivity index (χ2n) is 19.1. The lowest BCUT2D eigenvalue weighted by molar-refractivity contribution is 1.20. The highest BCUT2D eigenvalue weighted by Gasteiger charge is 2.26. The van der Waals surface area contributed by atoms with Crippen molar-refractivity contribution in [2.24, 2.45) is 0 Å². The molecule has 0 atom stereocenters. The van der Waals surface area contributed by atoms with E-state index in [9.17, 15) is 0 Å². The molecule has 0 bridgehead atoms. The molecule has 1 heterocycles. The Morgan fingerprint density at radius 2 is 0.843 bits per heavy atom. The van der Waals surface area contributed by atoms with E-state index in [-0.39, 0.29) is 0 Å². The van der Waals surface area contributed by atoms with E-state index in [2.05, 4.69) is 268 Å². The Morgan fingerprint density at radius 3 is 1.44 bits per heavy atom. The van der Waals surface area contributed by atoms with Gasteiger partial charge in [0, 0.05) is 38.4 Å². The summed E-state index contributed by atoms with van der Waals surface area (Å²) in [5.41, 5.74) is 21.6. The Hall–Kier alpha value is -8.72. The van der Waals surface area contributed by atoms with Crippen LogP contribution in [0.5, 0.6) is 0 Å². The Kier molecular flexibility index (Phi) is 9.78. The van der Waals surface area contributed by atoms with Crippen molar-refractivity contribution in [1.82, 2.24) is 4.57 Å². The Morgan fingerprint density at radius 1 is 0.343 bits per heavy atom. The van der Waals surface area contributed by atoms with Gasteiger partial charge in [0.2, 0.25) is 0 Å². The van der Waals surface area contributed by atoms with Crippen molar-refractivity contribution in [3.8, 4) is 50.2 Å². The van der Waals surface area contributed by atoms with Gasteiger partial charge in [0.25, 0.3) is 0 Å². The molecule has 70 heavy (non-hydrogen) atoms. The van der Waals surface area contributed by atoms with Crippen LogP contribution in [0, 0.1) is 27.7 Å². The van der Waals surface area contributed by atoms with Crippen molar-refractivity contribution < 1.29 is 0 Å². The van der Waals surface area contributed by atoms with Crippen molar-refractivity contribution in [2.45, 2.75) is 27.7 Å². The zero-order valence-corrected chi connectivity index (χ0v) is 39.8. The van der Waals surface area contributed by atoms with Gasteiger partial charge in [0.05, 0.1) is 28.1 Å². The molecule has 13 rings (SSSR count). The number of benzene rings is 12. The molecule has 0 spiro atoms. The summed E-state index contributed by atoms with van der Waals surface area (Å²) in [6, 6.07) is 85.9. The van der Waals surface area contributed by atoms with Crippen LogP contribution in [-0.4, -0.2) is 4.57 Å². The maximum atomic E-state index is 2.55. The molecule has 1 aromatic heterocycles. The highest BCUT2D eigenvalue weighted by molar-refractivity contribution is 6.28. The Balaban J connectivity index is 1.07. The number of fused-ring (bicyclic) bond motifs is 3. The number of anilines is 3. The highest BCUT2D eigenvalue weighted by Crippen LogP contribution is 2.51. The lowest BCUT2D eigenvalue weighted by atomic mass is 9.90. The molecule has 0 aliphatic carbocycles. The number of hydrogen-bond acceptors (Lipinski definition) is 1. The first-order chi connectivity index (χ1) is 34.4. The number of para-hydroxylation sites is 3. The summed E-state index contributed by atoms with van der Waals surface area (Å²) in [6.07, 6.45) is 0. The monoisotopic (exact) mass is 894 g/mol. The van der Waals surface area contributed by atoms with E-state index in [0.717, 1.165) is 17.1 Å². The van der Waals surface area contributed by atoms with Gasteiger partial charge in [-0.05, 0) is 130 Å². The zero-order valence-electron chi connectivity index (χ0n) is 39.8. The fraction of sp³-hybridized carbons (Fsp3) is 0.0588. The third-order valence-corrected chi connectivity index (χ3v) is 14.7. The van der Waals surface area contributed by atoms with Crippen molar-refractivity contribution in [1.29, 1.82) is 0 Å². The average molecular weight is 895 g/mol. The average Bonchev–Trinajstić information content (AvgIpc) is 3.73. The number of nitrogens with zero attached hydrogens (tertiary/aromatic N) is 2. The molecule has 12 aromatic carbocycles. The summed E-state index contributed by atoms with van der Waals surface area (Å²) in [6.45, 7) is 8.82. The predicted octanol–water partition coefficient (Wildman–Crippen LogP) is 19.1. The lowest BCUT2D eigenvalue weighted by Crippen LogP contribution is -2.13. The summed E-state index contributed by atoms with van der Waals surface area (Å²) in [5.74, 6) is 0. The number of rotatable bonds is 8. The Labute approximate surface area is 409 Å². The third-order valence-electron chi connectivity index (χ3n) is 14.7. The second kappa shape index (κ2) is 16.5. The van der Waals surface area contributed by atoms with E-state index in [4.69, 9.17) is 0 Å². The fourth-order valence-corrected chi connectivity index (χ4v) is 11.4. The van der Waals surface area contributed by atoms with Gasteiger partial charge >= 0.3 is 0 Å². The molecule has 0 fully saturated rings. The van der Waals surface area contributed by atoms with Crippen LogP contribution in [0.2, 0.25) is 0 Å². The number of aromatic nitrogens is 1. The highest BCUT2D eigenvalue weighted by atomic mass is 15.1. The van der Waals surface area contributed by atoms with Crippen molar-refractivity contribution >= 4 is 71.2 Å². The number of hydrogen-bond donors (Lipinski definition) is 0. The molecular formula is C68H50N2. The van der Waals surface area contributed by atoms with E-state index in [1.807, 2.05) is 0 Å². The van der Waals surface area contributed by atoms with Crippen LogP contribution in [0.3, 0.4) is 0 Å². The molecule has 0 aliphatic rings. The smallest absolute Gasteiger partial charge is 0.0618 e. The van der Waals surface area contributed by atoms with Crippen LogP contribution in [-0.2, 0) is 0 Å². The van der Waals surface area contributed by atoms with Crippen LogP contribution in [0.15, 0.2) is 231 Å². The molecule has 2 heteroatoms. The van der Waals surface area contributed by atoms with Gasteiger partial charge in [-0.1, -0.05) is 205 Å². The molecule has 13 aromatic rings. The van der Waals surface area contributed by atoms with Crippen LogP contribution < -0.4 is 4.90 Å². The third kappa shape index (κ3) is 6.71. The van der Waals surface area contributed by atoms with Crippen molar-refractivity contribution in [2.75, 3.05) is 4.90 Å². The van der Waals surface area contributed by atoms with Gasteiger partial charge in [-0.25, -0.2) is 0 Å². The molecule has 0 amide bonds. The molecule has 0 saturated heterocycles. The van der Waals surface area contributed by atoms with Gasteiger partial charge in [-0.3, -0.25) is 0 Å². The summed E-state index contributed by atoms with van der Waals surface area (Å²) in [7, 11) is 0. The molecule has 0 aliphatic heterocycles. The molecule has 0 N–H and O–H groups in total. The van der Waals surface area contributed by atoms with Crippen molar-refractivity contribution in [3.05, 3.63) is 253 Å². The quantitative estimate of drug-likeness (QED) is 0.138. The largest absolute Gasteiger partial charge is 0.309 e. The summed E-state index contributed by atoms with van der Waals surface area (Å²) in [5, 5.41) is 9.97.